The number of rotatable bonds is 6. The van der Waals surface area contributed by atoms with Gasteiger partial charge in [-0.2, -0.15) is 0 Å². The molecule has 2 N–H and O–H groups in total. The number of aromatic nitrogens is 2. The van der Waals surface area contributed by atoms with E-state index in [9.17, 15) is 9.59 Å². The maximum Gasteiger partial charge on any atom is 0.328 e. The van der Waals surface area contributed by atoms with Crippen molar-refractivity contribution in [1.29, 1.82) is 0 Å². The number of nitrogens with zero attached hydrogens (tertiary/aromatic N) is 2. The van der Waals surface area contributed by atoms with E-state index in [4.69, 9.17) is 0 Å². The van der Waals surface area contributed by atoms with Crippen LogP contribution in [0.25, 0.3) is 0 Å². The van der Waals surface area contributed by atoms with Crippen molar-refractivity contribution in [1.82, 2.24) is 19.8 Å². The molecule has 0 unspecified atom stereocenters. The molecule has 0 aliphatic heterocycles. The van der Waals surface area contributed by atoms with E-state index in [1.165, 1.54) is 16.8 Å². The average Bonchev–Trinajstić information content (AvgIpc) is 2.20. The summed E-state index contributed by atoms with van der Waals surface area (Å²) in [5, 5.41) is 3.21. The lowest BCUT2D eigenvalue weighted by Gasteiger charge is -2.10. The van der Waals surface area contributed by atoms with E-state index in [1.54, 1.807) is 0 Å². The van der Waals surface area contributed by atoms with Crippen LogP contribution < -0.4 is 16.6 Å². The molecule has 0 atom stereocenters. The number of hydrogen-bond donors (Lipinski definition) is 2. The van der Waals surface area contributed by atoms with Gasteiger partial charge in [-0.3, -0.25) is 14.3 Å². The summed E-state index contributed by atoms with van der Waals surface area (Å²) in [7, 11) is 4.02. The van der Waals surface area contributed by atoms with Crippen LogP contribution in [0.2, 0.25) is 0 Å². The Morgan fingerprint density at radius 1 is 1.38 bits per heavy atom. The Morgan fingerprint density at radius 2 is 2.12 bits per heavy atom. The predicted octanol–water partition coefficient (Wildman–Crippen LogP) is -1.31. The fourth-order valence-electron chi connectivity index (χ4n) is 1.25. The van der Waals surface area contributed by atoms with Crippen LogP contribution in [0, 0.1) is 0 Å². The minimum atomic E-state index is -0.359. The summed E-state index contributed by atoms with van der Waals surface area (Å²) in [5.74, 6) is 0. The molecule has 16 heavy (non-hydrogen) atoms. The van der Waals surface area contributed by atoms with Crippen LogP contribution >= 0.6 is 0 Å². The zero-order valence-corrected chi connectivity index (χ0v) is 9.69. The van der Waals surface area contributed by atoms with Crippen LogP contribution in [0.3, 0.4) is 0 Å². The molecule has 0 radical (unpaired) electrons. The van der Waals surface area contributed by atoms with Crippen LogP contribution in [0.4, 0.5) is 0 Å². The van der Waals surface area contributed by atoms with Gasteiger partial charge < -0.3 is 10.2 Å². The lowest BCUT2D eigenvalue weighted by molar-refractivity contribution is 0.397. The largest absolute Gasteiger partial charge is 0.328 e. The molecule has 90 valence electrons. The van der Waals surface area contributed by atoms with Crippen LogP contribution in [-0.2, 0) is 6.54 Å². The molecular formula is C10H18N4O2. The quantitative estimate of drug-likeness (QED) is 0.591. The molecule has 6 nitrogen and oxygen atoms in total. The molecule has 6 heteroatoms. The Bertz CT molecular complexity index is 421. The third-order valence-corrected chi connectivity index (χ3v) is 2.16. The van der Waals surface area contributed by atoms with Crippen molar-refractivity contribution in [3.05, 3.63) is 33.1 Å². The van der Waals surface area contributed by atoms with Gasteiger partial charge in [0.15, 0.2) is 0 Å². The summed E-state index contributed by atoms with van der Waals surface area (Å²) >= 11 is 0. The number of hydrogen-bond acceptors (Lipinski definition) is 4. The van der Waals surface area contributed by atoms with E-state index >= 15 is 0 Å². The summed E-state index contributed by atoms with van der Waals surface area (Å²) in [6.07, 6.45) is 1.51. The second-order valence-corrected chi connectivity index (χ2v) is 3.86. The molecule has 1 heterocycles. The summed E-state index contributed by atoms with van der Waals surface area (Å²) in [4.78, 5) is 26.4. The zero-order chi connectivity index (χ0) is 12.0. The van der Waals surface area contributed by atoms with Gasteiger partial charge in [0.1, 0.15) is 0 Å². The first-order valence-electron chi connectivity index (χ1n) is 5.25. The molecule has 0 bridgehead atoms. The summed E-state index contributed by atoms with van der Waals surface area (Å²) in [5.41, 5.74) is -0.719. The molecule has 0 aromatic carbocycles. The molecule has 1 rings (SSSR count). The Morgan fingerprint density at radius 3 is 2.75 bits per heavy atom. The normalized spacial score (nSPS) is 10.9. The van der Waals surface area contributed by atoms with Crippen molar-refractivity contribution in [3.63, 3.8) is 0 Å². The zero-order valence-electron chi connectivity index (χ0n) is 9.69. The minimum Gasteiger partial charge on any atom is -0.314 e. The van der Waals surface area contributed by atoms with Gasteiger partial charge in [-0.25, -0.2) is 4.79 Å². The lowest BCUT2D eigenvalue weighted by Crippen LogP contribution is -2.34. The minimum absolute atomic E-state index is 0.359. The van der Waals surface area contributed by atoms with Crippen molar-refractivity contribution < 1.29 is 0 Å². The van der Waals surface area contributed by atoms with Gasteiger partial charge in [-0.05, 0) is 14.1 Å². The van der Waals surface area contributed by atoms with Crippen molar-refractivity contribution >= 4 is 0 Å². The second kappa shape index (κ2) is 6.24. The smallest absolute Gasteiger partial charge is 0.314 e. The maximum atomic E-state index is 11.3. The standard InChI is InChI=1S/C10H18N4O2/c1-13(2)7-4-11-5-8-14-6-3-9(15)12-10(14)16/h3,6,11H,4-5,7-8H2,1-2H3,(H,12,15,16). The Hall–Kier alpha value is -1.40. The molecule has 0 spiro atoms. The monoisotopic (exact) mass is 226 g/mol. The van der Waals surface area contributed by atoms with Crippen LogP contribution in [0.15, 0.2) is 21.9 Å². The molecule has 0 aliphatic rings. The van der Waals surface area contributed by atoms with E-state index in [1.807, 2.05) is 14.1 Å². The van der Waals surface area contributed by atoms with E-state index in [2.05, 4.69) is 15.2 Å². The highest BCUT2D eigenvalue weighted by Gasteiger charge is 1.95. The fourth-order valence-corrected chi connectivity index (χ4v) is 1.25. The topological polar surface area (TPSA) is 70.1 Å². The third-order valence-electron chi connectivity index (χ3n) is 2.16. The lowest BCUT2D eigenvalue weighted by atomic mass is 10.5. The molecule has 0 saturated heterocycles. The highest BCUT2D eigenvalue weighted by molar-refractivity contribution is 4.82. The molecular weight excluding hydrogens is 208 g/mol. The van der Waals surface area contributed by atoms with E-state index in [0.29, 0.717) is 13.1 Å². The molecule has 0 amide bonds. The first-order chi connectivity index (χ1) is 7.59. The SMILES string of the molecule is CN(C)CCNCCn1ccc(=O)[nH]c1=O. The van der Waals surface area contributed by atoms with E-state index in [-0.39, 0.29) is 11.2 Å². The molecule has 0 saturated carbocycles. The van der Waals surface area contributed by atoms with Crippen LogP contribution in [-0.4, -0.2) is 48.2 Å². The Balaban J connectivity index is 2.32. The summed E-state index contributed by atoms with van der Waals surface area (Å²) in [6, 6.07) is 1.35. The van der Waals surface area contributed by atoms with Gasteiger partial charge in [-0.15, -0.1) is 0 Å². The first kappa shape index (κ1) is 12.7. The first-order valence-corrected chi connectivity index (χ1v) is 5.25. The van der Waals surface area contributed by atoms with Gasteiger partial charge >= 0.3 is 5.69 Å². The average molecular weight is 226 g/mol. The number of likely N-dealkylation sites (N-methyl/N-ethyl adjacent to an activating group) is 1. The van der Waals surface area contributed by atoms with Crippen LogP contribution in [0.1, 0.15) is 0 Å². The van der Waals surface area contributed by atoms with Gasteiger partial charge in [-0.1, -0.05) is 0 Å². The molecule has 1 aromatic heterocycles. The molecule has 0 fully saturated rings. The highest BCUT2D eigenvalue weighted by Crippen LogP contribution is 1.76. The maximum absolute atomic E-state index is 11.3. The number of H-pyrrole nitrogens is 1. The van der Waals surface area contributed by atoms with Gasteiger partial charge in [0.05, 0.1) is 0 Å². The highest BCUT2D eigenvalue weighted by atomic mass is 16.2. The predicted molar refractivity (Wildman–Crippen MR) is 62.7 cm³/mol. The Labute approximate surface area is 93.9 Å². The third kappa shape index (κ3) is 4.41. The van der Waals surface area contributed by atoms with E-state index in [0.717, 1.165) is 13.1 Å². The summed E-state index contributed by atoms with van der Waals surface area (Å²) < 4.78 is 1.48. The second-order valence-electron chi connectivity index (χ2n) is 3.86. The van der Waals surface area contributed by atoms with Crippen molar-refractivity contribution in [3.8, 4) is 0 Å². The molecule has 1 aromatic rings. The number of nitrogens with one attached hydrogen (secondary N) is 2. The van der Waals surface area contributed by atoms with Gasteiger partial charge in [0, 0.05) is 38.4 Å². The van der Waals surface area contributed by atoms with Crippen molar-refractivity contribution in [2.45, 2.75) is 6.54 Å². The van der Waals surface area contributed by atoms with E-state index < -0.39 is 0 Å². The van der Waals surface area contributed by atoms with Crippen molar-refractivity contribution in [2.75, 3.05) is 33.7 Å². The Kier molecular flexibility index (Phi) is 4.94. The number of aromatic amines is 1. The van der Waals surface area contributed by atoms with Crippen molar-refractivity contribution in [2.24, 2.45) is 0 Å². The van der Waals surface area contributed by atoms with Crippen LogP contribution in [0.5, 0.6) is 0 Å². The van der Waals surface area contributed by atoms with Gasteiger partial charge in [0.25, 0.3) is 5.56 Å². The fraction of sp³-hybridized carbons (Fsp3) is 0.600. The van der Waals surface area contributed by atoms with Gasteiger partial charge in [0.2, 0.25) is 0 Å². The molecule has 0 aliphatic carbocycles. The summed E-state index contributed by atoms with van der Waals surface area (Å²) in [6.45, 7) is 3.11.